The fraction of sp³-hybridized carbons (Fsp3) is 0.700. The van der Waals surface area contributed by atoms with Gasteiger partial charge < -0.3 is 24.2 Å². The molecule has 2 atom stereocenters. The molecule has 0 amide bonds. The summed E-state index contributed by atoms with van der Waals surface area (Å²) >= 11 is 0. The quantitative estimate of drug-likeness (QED) is 0.784. The monoisotopic (exact) mass is 432 g/mol. The van der Waals surface area contributed by atoms with E-state index >= 15 is 0 Å². The number of aromatic nitrogens is 1. The third-order valence-corrected chi connectivity index (χ3v) is 5.60. The van der Waals surface area contributed by atoms with E-state index in [9.17, 15) is 13.2 Å². The summed E-state index contributed by atoms with van der Waals surface area (Å²) in [4.78, 5) is 15.7. The molecule has 10 heteroatoms. The highest BCUT2D eigenvalue weighted by Crippen LogP contribution is 2.37. The number of carbonyl (C=O) groups is 1. The smallest absolute Gasteiger partial charge is 0.475 e. The van der Waals surface area contributed by atoms with Crippen LogP contribution in [0.15, 0.2) is 24.4 Å². The molecular formula is C20H27F3N2O5. The Labute approximate surface area is 173 Å². The minimum absolute atomic E-state index is 0.00458. The van der Waals surface area contributed by atoms with Gasteiger partial charge in [-0.15, -0.1) is 0 Å². The van der Waals surface area contributed by atoms with Crippen LogP contribution in [0.2, 0.25) is 0 Å². The minimum atomic E-state index is -5.08. The Morgan fingerprint density at radius 2 is 2.07 bits per heavy atom. The Kier molecular flexibility index (Phi) is 7.54. The SMILES string of the molecule is O=C(O)C(F)(F)F.c1ccc(O[C@@H]2CO[C@@]3(CCN(CC4CCOCC4)C3)C2)nc1. The van der Waals surface area contributed by atoms with Crippen molar-refractivity contribution < 1.29 is 37.3 Å². The molecule has 1 aromatic rings. The molecule has 7 nitrogen and oxygen atoms in total. The van der Waals surface area contributed by atoms with Crippen LogP contribution in [0, 0.1) is 5.92 Å². The molecule has 0 radical (unpaired) electrons. The first-order valence-electron chi connectivity index (χ1n) is 10.1. The number of pyridine rings is 1. The second kappa shape index (κ2) is 9.93. The lowest BCUT2D eigenvalue weighted by atomic mass is 9.98. The Morgan fingerprint density at radius 1 is 1.33 bits per heavy atom. The molecule has 4 rings (SSSR count). The standard InChI is InChI=1S/C18H26N2O3.C2HF3O2/c1-2-7-19-17(3-1)23-16-11-18(22-13-16)6-8-20(14-18)12-15-4-9-21-10-5-15;3-2(4,5)1(6)7/h1-3,7,15-16H,4-6,8-14H2;(H,6,7)/t16-,18-;/m0./s1. The van der Waals surface area contributed by atoms with Gasteiger partial charge in [-0.25, -0.2) is 9.78 Å². The van der Waals surface area contributed by atoms with Crippen molar-refractivity contribution in [3.63, 3.8) is 0 Å². The van der Waals surface area contributed by atoms with Gasteiger partial charge in [-0.05, 0) is 31.2 Å². The van der Waals surface area contributed by atoms with E-state index in [0.29, 0.717) is 12.5 Å². The van der Waals surface area contributed by atoms with Gasteiger partial charge in [-0.3, -0.25) is 0 Å². The number of nitrogens with zero attached hydrogens (tertiary/aromatic N) is 2. The van der Waals surface area contributed by atoms with Gasteiger partial charge in [0.15, 0.2) is 0 Å². The molecule has 4 heterocycles. The van der Waals surface area contributed by atoms with Crippen molar-refractivity contribution in [3.8, 4) is 5.88 Å². The topological polar surface area (TPSA) is 81.1 Å². The molecule has 0 aliphatic carbocycles. The van der Waals surface area contributed by atoms with Crippen LogP contribution in [0.25, 0.3) is 0 Å². The van der Waals surface area contributed by atoms with Crippen LogP contribution in [0.4, 0.5) is 13.2 Å². The molecule has 1 N–H and O–H groups in total. The van der Waals surface area contributed by atoms with Crippen molar-refractivity contribution in [2.45, 2.75) is 43.6 Å². The molecule has 3 saturated heterocycles. The van der Waals surface area contributed by atoms with E-state index in [1.54, 1.807) is 6.20 Å². The average molecular weight is 432 g/mol. The lowest BCUT2D eigenvalue weighted by Gasteiger charge is -2.28. The zero-order valence-corrected chi connectivity index (χ0v) is 16.6. The molecule has 168 valence electrons. The molecule has 3 aliphatic rings. The normalized spacial score (nSPS) is 27.6. The number of ether oxygens (including phenoxy) is 3. The van der Waals surface area contributed by atoms with Crippen molar-refractivity contribution in [3.05, 3.63) is 24.4 Å². The summed E-state index contributed by atoms with van der Waals surface area (Å²) in [6.07, 6.45) is 1.33. The molecule has 1 spiro atoms. The van der Waals surface area contributed by atoms with Gasteiger partial charge >= 0.3 is 12.1 Å². The van der Waals surface area contributed by atoms with Gasteiger partial charge in [0.25, 0.3) is 0 Å². The largest absolute Gasteiger partial charge is 0.490 e. The van der Waals surface area contributed by atoms with E-state index in [-0.39, 0.29) is 11.7 Å². The Hall–Kier alpha value is -1.91. The van der Waals surface area contributed by atoms with E-state index < -0.39 is 12.1 Å². The third-order valence-electron chi connectivity index (χ3n) is 5.60. The van der Waals surface area contributed by atoms with Crippen LogP contribution >= 0.6 is 0 Å². The minimum Gasteiger partial charge on any atom is -0.475 e. The fourth-order valence-electron chi connectivity index (χ4n) is 4.13. The fourth-order valence-corrected chi connectivity index (χ4v) is 4.13. The van der Waals surface area contributed by atoms with Crippen LogP contribution < -0.4 is 4.74 Å². The van der Waals surface area contributed by atoms with Crippen molar-refractivity contribution in [2.24, 2.45) is 5.92 Å². The molecule has 0 saturated carbocycles. The lowest BCUT2D eigenvalue weighted by molar-refractivity contribution is -0.192. The highest BCUT2D eigenvalue weighted by atomic mass is 19.4. The molecule has 3 aliphatic heterocycles. The zero-order chi connectivity index (χ0) is 21.6. The number of likely N-dealkylation sites (tertiary alicyclic amines) is 1. The maximum absolute atomic E-state index is 10.6. The number of hydrogen-bond donors (Lipinski definition) is 1. The molecule has 0 unspecified atom stereocenters. The van der Waals surface area contributed by atoms with Crippen LogP contribution in [0.3, 0.4) is 0 Å². The van der Waals surface area contributed by atoms with Crippen molar-refractivity contribution in [1.29, 1.82) is 0 Å². The van der Waals surface area contributed by atoms with Crippen LogP contribution in [-0.2, 0) is 14.3 Å². The summed E-state index contributed by atoms with van der Waals surface area (Å²) in [6.45, 7) is 5.93. The van der Waals surface area contributed by atoms with Crippen molar-refractivity contribution in [1.82, 2.24) is 9.88 Å². The average Bonchev–Trinajstić information content (AvgIpc) is 3.29. The molecule has 0 aromatic carbocycles. The van der Waals surface area contributed by atoms with Gasteiger partial charge in [0, 0.05) is 51.5 Å². The second-order valence-corrected chi connectivity index (χ2v) is 7.95. The number of carboxylic acids is 1. The van der Waals surface area contributed by atoms with E-state index in [0.717, 1.165) is 45.1 Å². The summed E-state index contributed by atoms with van der Waals surface area (Å²) in [5, 5.41) is 7.12. The Morgan fingerprint density at radius 3 is 2.70 bits per heavy atom. The number of rotatable bonds is 4. The highest BCUT2D eigenvalue weighted by molar-refractivity contribution is 5.73. The summed E-state index contributed by atoms with van der Waals surface area (Å²) in [5.74, 6) is -1.26. The van der Waals surface area contributed by atoms with Gasteiger partial charge in [-0.2, -0.15) is 13.2 Å². The van der Waals surface area contributed by atoms with Crippen LogP contribution in [-0.4, -0.2) is 78.3 Å². The number of aliphatic carboxylic acids is 1. The first-order valence-corrected chi connectivity index (χ1v) is 10.1. The van der Waals surface area contributed by atoms with Crippen LogP contribution in [0.5, 0.6) is 5.88 Å². The van der Waals surface area contributed by atoms with Gasteiger partial charge in [0.1, 0.15) is 6.10 Å². The summed E-state index contributed by atoms with van der Waals surface area (Å²) in [7, 11) is 0. The maximum atomic E-state index is 10.6. The Balaban J connectivity index is 0.000000318. The molecule has 30 heavy (non-hydrogen) atoms. The molecular weight excluding hydrogens is 405 g/mol. The lowest BCUT2D eigenvalue weighted by Crippen LogP contribution is -2.36. The summed E-state index contributed by atoms with van der Waals surface area (Å²) in [5.41, 5.74) is 0.00458. The van der Waals surface area contributed by atoms with Crippen molar-refractivity contribution in [2.75, 3.05) is 39.5 Å². The van der Waals surface area contributed by atoms with Crippen LogP contribution in [0.1, 0.15) is 25.7 Å². The predicted molar refractivity (Wildman–Crippen MR) is 100 cm³/mol. The first-order chi connectivity index (χ1) is 14.3. The number of halogens is 3. The van der Waals surface area contributed by atoms with E-state index in [1.165, 1.54) is 19.4 Å². The number of hydrogen-bond acceptors (Lipinski definition) is 6. The maximum Gasteiger partial charge on any atom is 0.490 e. The van der Waals surface area contributed by atoms with Gasteiger partial charge in [0.2, 0.25) is 5.88 Å². The Bertz CT molecular complexity index is 685. The summed E-state index contributed by atoms with van der Waals surface area (Å²) in [6, 6.07) is 5.78. The molecule has 3 fully saturated rings. The van der Waals surface area contributed by atoms with Gasteiger partial charge in [0.05, 0.1) is 12.2 Å². The second-order valence-electron chi connectivity index (χ2n) is 7.95. The van der Waals surface area contributed by atoms with E-state index in [4.69, 9.17) is 24.1 Å². The third kappa shape index (κ3) is 6.55. The summed E-state index contributed by atoms with van der Waals surface area (Å²) < 4.78 is 49.4. The van der Waals surface area contributed by atoms with Crippen molar-refractivity contribution >= 4 is 5.97 Å². The predicted octanol–water partition coefficient (Wildman–Crippen LogP) is 2.75. The number of alkyl halides is 3. The van der Waals surface area contributed by atoms with E-state index in [1.807, 2.05) is 18.2 Å². The zero-order valence-electron chi connectivity index (χ0n) is 16.6. The van der Waals surface area contributed by atoms with E-state index in [2.05, 4.69) is 9.88 Å². The number of carboxylic acid groups (broad SMARTS) is 1. The first kappa shape index (κ1) is 22.8. The highest BCUT2D eigenvalue weighted by Gasteiger charge is 2.46. The van der Waals surface area contributed by atoms with Gasteiger partial charge in [-0.1, -0.05) is 6.07 Å². The molecule has 1 aromatic heterocycles. The molecule has 0 bridgehead atoms.